The lowest BCUT2D eigenvalue weighted by molar-refractivity contribution is -0.0372. The molecule has 0 aromatic heterocycles. The van der Waals surface area contributed by atoms with E-state index < -0.39 is 32.6 Å². The van der Waals surface area contributed by atoms with Gasteiger partial charge < -0.3 is 12.3 Å². The Balaban J connectivity index is -0.000000405. The SMILES string of the molecule is FC(F)(F)SSC(F)(F)F.N.N. The molecule has 0 fully saturated rings. The third kappa shape index (κ3) is 16.7. The van der Waals surface area contributed by atoms with Gasteiger partial charge in [-0.25, -0.2) is 0 Å². The van der Waals surface area contributed by atoms with Crippen molar-refractivity contribution < 1.29 is 26.3 Å². The molecule has 0 atom stereocenters. The topological polar surface area (TPSA) is 70.0 Å². The first kappa shape index (κ1) is 18.1. The van der Waals surface area contributed by atoms with Crippen molar-refractivity contribution in [2.45, 2.75) is 11.0 Å². The van der Waals surface area contributed by atoms with Crippen LogP contribution in [0.5, 0.6) is 0 Å². The standard InChI is InChI=1S/C2F6S2.2H3N/c3-1(4,5)9-10-2(6,7)8;;/h;2*1H3. The summed E-state index contributed by atoms with van der Waals surface area (Å²) in [4.78, 5) is 0. The molecule has 12 heavy (non-hydrogen) atoms. The second-order valence-corrected chi connectivity index (χ2v) is 3.32. The normalized spacial score (nSPS) is 11.5. The Morgan fingerprint density at radius 3 is 0.833 bits per heavy atom. The molecular weight excluding hydrogens is 230 g/mol. The van der Waals surface area contributed by atoms with Crippen molar-refractivity contribution >= 4 is 21.6 Å². The van der Waals surface area contributed by atoms with Crippen LogP contribution in [0.25, 0.3) is 0 Å². The average Bonchev–Trinajstić information content (AvgIpc) is 1.57. The summed E-state index contributed by atoms with van der Waals surface area (Å²) in [5.41, 5.74) is -9.67. The maximum absolute atomic E-state index is 11.0. The van der Waals surface area contributed by atoms with E-state index in [1.165, 1.54) is 0 Å². The molecule has 0 aromatic rings. The van der Waals surface area contributed by atoms with Crippen LogP contribution in [0, 0.1) is 0 Å². The van der Waals surface area contributed by atoms with Crippen molar-refractivity contribution in [3.8, 4) is 0 Å². The van der Waals surface area contributed by atoms with Gasteiger partial charge in [0.15, 0.2) is 0 Å². The third-order valence-electron chi connectivity index (χ3n) is 0.231. The predicted octanol–water partition coefficient (Wildman–Crippen LogP) is 3.73. The van der Waals surface area contributed by atoms with Crippen molar-refractivity contribution in [3.63, 3.8) is 0 Å². The molecule has 0 rings (SSSR count). The van der Waals surface area contributed by atoms with Crippen molar-refractivity contribution in [3.05, 3.63) is 0 Å². The zero-order valence-electron chi connectivity index (χ0n) is 5.50. The van der Waals surface area contributed by atoms with Gasteiger partial charge in [-0.15, -0.1) is 0 Å². The molecule has 78 valence electrons. The number of hydrogen-bond donors (Lipinski definition) is 2. The highest BCUT2D eigenvalue weighted by molar-refractivity contribution is 8.77. The van der Waals surface area contributed by atoms with E-state index in [0.29, 0.717) is 0 Å². The summed E-state index contributed by atoms with van der Waals surface area (Å²) >= 11 is 0. The van der Waals surface area contributed by atoms with Crippen LogP contribution in [0.1, 0.15) is 0 Å². The highest BCUT2D eigenvalue weighted by Crippen LogP contribution is 2.48. The molecule has 0 amide bonds. The molecule has 0 spiro atoms. The van der Waals surface area contributed by atoms with Crippen LogP contribution >= 0.6 is 21.6 Å². The third-order valence-corrected chi connectivity index (χ3v) is 2.08. The van der Waals surface area contributed by atoms with Crippen LogP contribution in [0.15, 0.2) is 0 Å². The van der Waals surface area contributed by atoms with Gasteiger partial charge in [-0.05, 0) is 0 Å². The lowest BCUT2D eigenvalue weighted by Crippen LogP contribution is -2.03. The smallest absolute Gasteiger partial charge is 0.344 e. The molecule has 0 heterocycles. The molecule has 2 nitrogen and oxygen atoms in total. The van der Waals surface area contributed by atoms with Gasteiger partial charge in [0.1, 0.15) is 0 Å². The van der Waals surface area contributed by atoms with E-state index >= 15 is 0 Å². The predicted molar refractivity (Wildman–Crippen MR) is 37.3 cm³/mol. The van der Waals surface area contributed by atoms with Gasteiger partial charge in [0, 0.05) is 21.6 Å². The van der Waals surface area contributed by atoms with Crippen LogP contribution in [0.4, 0.5) is 26.3 Å². The van der Waals surface area contributed by atoms with Gasteiger partial charge >= 0.3 is 11.0 Å². The molecular formula is C2H6F6N2S2. The average molecular weight is 236 g/mol. The van der Waals surface area contributed by atoms with Crippen LogP contribution in [-0.2, 0) is 0 Å². The molecule has 0 aliphatic rings. The van der Waals surface area contributed by atoms with E-state index in [-0.39, 0.29) is 12.3 Å². The Morgan fingerprint density at radius 1 is 0.583 bits per heavy atom. The summed E-state index contributed by atoms with van der Waals surface area (Å²) in [6.45, 7) is 0. The van der Waals surface area contributed by atoms with E-state index in [0.717, 1.165) is 0 Å². The highest BCUT2D eigenvalue weighted by Gasteiger charge is 2.38. The van der Waals surface area contributed by atoms with E-state index in [2.05, 4.69) is 0 Å². The van der Waals surface area contributed by atoms with Crippen molar-refractivity contribution in [2.75, 3.05) is 0 Å². The summed E-state index contributed by atoms with van der Waals surface area (Å²) in [6.07, 6.45) is 0. The Labute approximate surface area is 72.0 Å². The Bertz CT molecular complexity index is 95.1. The van der Waals surface area contributed by atoms with Gasteiger partial charge in [-0.3, -0.25) is 0 Å². The van der Waals surface area contributed by atoms with E-state index in [9.17, 15) is 26.3 Å². The molecule has 6 N–H and O–H groups in total. The molecule has 0 unspecified atom stereocenters. The summed E-state index contributed by atoms with van der Waals surface area (Å²) in [5, 5.41) is 0. The first-order valence-corrected chi connectivity index (χ1v) is 3.86. The molecule has 0 radical (unpaired) electrons. The monoisotopic (exact) mass is 236 g/mol. The molecule has 0 saturated heterocycles. The summed E-state index contributed by atoms with van der Waals surface area (Å²) in [5.74, 6) is 0. The van der Waals surface area contributed by atoms with Gasteiger partial charge in [-0.1, -0.05) is 0 Å². The van der Waals surface area contributed by atoms with Gasteiger partial charge in [0.05, 0.1) is 0 Å². The summed E-state index contributed by atoms with van der Waals surface area (Å²) < 4.78 is 66.2. The summed E-state index contributed by atoms with van der Waals surface area (Å²) in [6, 6.07) is 0. The Kier molecular flexibility index (Phi) is 8.71. The summed E-state index contributed by atoms with van der Waals surface area (Å²) in [7, 11) is -2.34. The zero-order chi connectivity index (χ0) is 8.41. The molecule has 0 aromatic carbocycles. The first-order valence-electron chi connectivity index (χ1n) is 1.71. The van der Waals surface area contributed by atoms with Crippen molar-refractivity contribution in [1.29, 1.82) is 0 Å². The van der Waals surface area contributed by atoms with Crippen LogP contribution in [0.3, 0.4) is 0 Å². The molecule has 0 saturated carbocycles. The van der Waals surface area contributed by atoms with E-state index in [1.54, 1.807) is 0 Å². The highest BCUT2D eigenvalue weighted by atomic mass is 33.1. The van der Waals surface area contributed by atoms with E-state index in [1.807, 2.05) is 0 Å². The minimum absolute atomic E-state index is 0. The number of hydrogen-bond acceptors (Lipinski definition) is 4. The van der Waals surface area contributed by atoms with Crippen molar-refractivity contribution in [1.82, 2.24) is 12.3 Å². The van der Waals surface area contributed by atoms with Gasteiger partial charge in [0.2, 0.25) is 0 Å². The van der Waals surface area contributed by atoms with Crippen LogP contribution < -0.4 is 12.3 Å². The Hall–Kier alpha value is 0.200. The van der Waals surface area contributed by atoms with Gasteiger partial charge in [0.25, 0.3) is 0 Å². The first-order chi connectivity index (χ1) is 4.21. The number of rotatable bonds is 1. The molecule has 0 aliphatic carbocycles. The van der Waals surface area contributed by atoms with Crippen LogP contribution in [-0.4, -0.2) is 11.0 Å². The molecule has 10 heteroatoms. The molecule has 0 bridgehead atoms. The minimum atomic E-state index is -4.83. The number of halogens is 6. The molecule has 0 aliphatic heterocycles. The maximum Gasteiger partial charge on any atom is 0.452 e. The fourth-order valence-electron chi connectivity index (χ4n) is 0.0945. The van der Waals surface area contributed by atoms with E-state index in [4.69, 9.17) is 0 Å². The van der Waals surface area contributed by atoms with Gasteiger partial charge in [-0.2, -0.15) is 26.3 Å². The largest absolute Gasteiger partial charge is 0.452 e. The van der Waals surface area contributed by atoms with Crippen LogP contribution in [0.2, 0.25) is 0 Å². The second kappa shape index (κ2) is 5.78. The lowest BCUT2D eigenvalue weighted by atomic mass is 11.6. The zero-order valence-corrected chi connectivity index (χ0v) is 7.13. The van der Waals surface area contributed by atoms with Crippen molar-refractivity contribution in [2.24, 2.45) is 0 Å². The lowest BCUT2D eigenvalue weighted by Gasteiger charge is -2.05. The minimum Gasteiger partial charge on any atom is -0.344 e. The number of alkyl halides is 6. The fraction of sp³-hybridized carbons (Fsp3) is 1.00. The Morgan fingerprint density at radius 2 is 0.750 bits per heavy atom. The quantitative estimate of drug-likeness (QED) is 0.537. The second-order valence-electron chi connectivity index (χ2n) is 1.06. The maximum atomic E-state index is 11.0. The fourth-order valence-corrected chi connectivity index (χ4v) is 0.850.